The van der Waals surface area contributed by atoms with Gasteiger partial charge in [-0.2, -0.15) is 0 Å². The quantitative estimate of drug-likeness (QED) is 0.284. The first-order valence-corrected chi connectivity index (χ1v) is 0. The summed E-state index contributed by atoms with van der Waals surface area (Å²) in [7, 11) is 0. The summed E-state index contributed by atoms with van der Waals surface area (Å²) in [5, 5.41) is 0. The fourth-order valence-electron chi connectivity index (χ4n) is 0. The Balaban J connectivity index is 0. The Kier molecular flexibility index (Phi) is 34100. The van der Waals surface area contributed by atoms with Crippen LogP contribution in [-0.2, 0) is 0 Å². The van der Waals surface area contributed by atoms with E-state index in [4.69, 9.17) is 0 Å². The summed E-state index contributed by atoms with van der Waals surface area (Å²) >= 11 is 0. The molecule has 0 bridgehead atoms. The Morgan fingerprint density at radius 1 is 0.286 bits per heavy atom. The first kappa shape index (κ1) is 614. The maximum atomic E-state index is 0. The fraction of sp³-hybridized carbons (Fsp3) is 0. The van der Waals surface area contributed by atoms with E-state index < -0.39 is 0 Å². The third-order valence-corrected chi connectivity index (χ3v) is 0. The van der Waals surface area contributed by atoms with Crippen molar-refractivity contribution in [2.75, 3.05) is 0 Å². The molecule has 7 heteroatoms. The van der Waals surface area contributed by atoms with Gasteiger partial charge in [0.15, 0.2) is 0 Å². The van der Waals surface area contributed by atoms with Crippen LogP contribution in [-0.4, -0.2) is 62.4 Å². The summed E-state index contributed by atoms with van der Waals surface area (Å²) in [6.07, 6.45) is 0. The van der Waals surface area contributed by atoms with Crippen LogP contribution in [0.5, 0.6) is 0 Å². The summed E-state index contributed by atoms with van der Waals surface area (Å²) in [5.74, 6) is 0. The molecule has 6 nitrogen and oxygen atoms in total. The zero-order valence-electron chi connectivity index (χ0n) is 4.00. The van der Waals surface area contributed by atoms with Gasteiger partial charge >= 0.3 is 0 Å². The van der Waals surface area contributed by atoms with Gasteiger partial charge in [-0.15, -0.1) is 0 Å². The zero-order chi connectivity index (χ0) is 0. The van der Waals surface area contributed by atoms with E-state index in [1.165, 1.54) is 0 Å². The second kappa shape index (κ2) is 388. The van der Waals surface area contributed by atoms with E-state index in [9.17, 15) is 0 Å². The number of rotatable bonds is 0. The Morgan fingerprint density at radius 2 is 0.286 bits per heavy atom. The molecule has 0 aromatic carbocycles. The van der Waals surface area contributed by atoms with Crippen molar-refractivity contribution < 1.29 is 32.9 Å². The molecule has 0 aliphatic carbocycles. The van der Waals surface area contributed by atoms with Gasteiger partial charge in [0, 0.05) is 29.6 Å². The second-order valence-corrected chi connectivity index (χ2v) is 0. The van der Waals surface area contributed by atoms with Gasteiger partial charge in [0.2, 0.25) is 0 Å². The summed E-state index contributed by atoms with van der Waals surface area (Å²) in [4.78, 5) is 0. The van der Waals surface area contributed by atoms with Gasteiger partial charge in [0.05, 0.1) is 0 Å². The van der Waals surface area contributed by atoms with Crippen LogP contribution in [0.25, 0.3) is 0 Å². The van der Waals surface area contributed by atoms with Crippen molar-refractivity contribution in [2.45, 2.75) is 0 Å². The van der Waals surface area contributed by atoms with Gasteiger partial charge in [0.1, 0.15) is 0 Å². The van der Waals surface area contributed by atoms with Crippen LogP contribution >= 0.6 is 0 Å². The average Bonchev–Trinajstić information content (AvgIpc) is 0. The normalized spacial score (nSPS) is 0. The third kappa shape index (κ3) is 265. The molecule has 0 aliphatic heterocycles. The minimum atomic E-state index is 0. The summed E-state index contributed by atoms with van der Waals surface area (Å²) in [6.45, 7) is 0. The molecule has 1 radical (unpaired) electrons. The monoisotopic (exact) mass is 131 g/mol. The first-order valence-electron chi connectivity index (χ1n) is 0. The van der Waals surface area contributed by atoms with Crippen LogP contribution in [0.1, 0.15) is 0 Å². The minimum absolute atomic E-state index is 0. The molecule has 49 valence electrons. The zero-order valence-corrected chi connectivity index (χ0v) is 6.00. The van der Waals surface area contributed by atoms with E-state index in [1.807, 2.05) is 0 Å². The molecule has 0 aromatic heterocycles. The SMILES string of the molecule is O.O.O.O.O.O.[Na]. The van der Waals surface area contributed by atoms with E-state index in [0.29, 0.717) is 0 Å². The summed E-state index contributed by atoms with van der Waals surface area (Å²) in [6, 6.07) is 0. The molecule has 7 heavy (non-hydrogen) atoms. The second-order valence-electron chi connectivity index (χ2n) is 0. The Morgan fingerprint density at radius 3 is 0.286 bits per heavy atom. The average molecular weight is 131 g/mol. The smallest absolute Gasteiger partial charge is 0 e. The van der Waals surface area contributed by atoms with Gasteiger partial charge in [-0.1, -0.05) is 0 Å². The van der Waals surface area contributed by atoms with E-state index in [-0.39, 0.29) is 62.4 Å². The molecule has 0 spiro atoms. The number of hydrogen-bond acceptors (Lipinski definition) is 0. The largest absolute Gasteiger partial charge is 0.412 e. The van der Waals surface area contributed by atoms with Crippen molar-refractivity contribution in [1.82, 2.24) is 0 Å². The maximum absolute atomic E-state index is 0. The molecular weight excluding hydrogens is 119 g/mol. The Hall–Kier alpha value is 0.760. The molecule has 0 amide bonds. The standard InChI is InChI=1S/Na.6H2O/h;6*1H2. The molecule has 0 aliphatic rings. The van der Waals surface area contributed by atoms with Crippen LogP contribution in [0.15, 0.2) is 0 Å². The summed E-state index contributed by atoms with van der Waals surface area (Å²) in [5.41, 5.74) is 0. The van der Waals surface area contributed by atoms with Crippen molar-refractivity contribution in [3.63, 3.8) is 0 Å². The van der Waals surface area contributed by atoms with Crippen LogP contribution in [0.3, 0.4) is 0 Å². The van der Waals surface area contributed by atoms with Gasteiger partial charge in [-0.3, -0.25) is 0 Å². The van der Waals surface area contributed by atoms with Crippen LogP contribution in [0.2, 0.25) is 0 Å². The van der Waals surface area contributed by atoms with Crippen LogP contribution in [0, 0.1) is 0 Å². The molecule has 0 heterocycles. The predicted molar refractivity (Wildman–Crippen MR) is 27.4 cm³/mol. The first-order chi connectivity index (χ1) is 0. The van der Waals surface area contributed by atoms with Gasteiger partial charge in [-0.05, 0) is 0 Å². The van der Waals surface area contributed by atoms with E-state index in [0.717, 1.165) is 0 Å². The molecular formula is H12NaO6. The van der Waals surface area contributed by atoms with E-state index >= 15 is 0 Å². The maximum Gasteiger partial charge on any atom is 0 e. The molecule has 0 unspecified atom stereocenters. The van der Waals surface area contributed by atoms with Crippen molar-refractivity contribution in [3.8, 4) is 0 Å². The molecule has 12 N–H and O–H groups in total. The van der Waals surface area contributed by atoms with Crippen molar-refractivity contribution >= 4 is 29.6 Å². The van der Waals surface area contributed by atoms with Crippen LogP contribution in [0.4, 0.5) is 0 Å². The van der Waals surface area contributed by atoms with Crippen molar-refractivity contribution in [3.05, 3.63) is 0 Å². The molecule has 0 fully saturated rings. The predicted octanol–water partition coefficient (Wildman–Crippen LogP) is -5.33. The molecule has 0 saturated carbocycles. The molecule has 0 atom stereocenters. The molecule has 0 rings (SSSR count). The van der Waals surface area contributed by atoms with Crippen molar-refractivity contribution in [1.29, 1.82) is 0 Å². The number of hydrogen-bond donors (Lipinski definition) is 0. The van der Waals surface area contributed by atoms with Gasteiger partial charge in [0.25, 0.3) is 0 Å². The third-order valence-electron chi connectivity index (χ3n) is 0. The van der Waals surface area contributed by atoms with E-state index in [1.54, 1.807) is 0 Å². The van der Waals surface area contributed by atoms with Gasteiger partial charge in [-0.25, -0.2) is 0 Å². The Bertz CT molecular complexity index is 4.14. The van der Waals surface area contributed by atoms with E-state index in [2.05, 4.69) is 0 Å². The minimum Gasteiger partial charge on any atom is -0.412 e. The summed E-state index contributed by atoms with van der Waals surface area (Å²) < 4.78 is 0. The fourth-order valence-corrected chi connectivity index (χ4v) is 0. The van der Waals surface area contributed by atoms with Gasteiger partial charge < -0.3 is 32.9 Å². The van der Waals surface area contributed by atoms with Crippen LogP contribution < -0.4 is 0 Å². The van der Waals surface area contributed by atoms with Crippen molar-refractivity contribution in [2.24, 2.45) is 0 Å². The molecule has 0 saturated heterocycles. The molecule has 0 aromatic rings. The topological polar surface area (TPSA) is 189 Å². The Labute approximate surface area is 62.7 Å².